The highest BCUT2D eigenvalue weighted by atomic mass is 35.5. The molecule has 35 heavy (non-hydrogen) atoms. The number of nitrogens with zero attached hydrogens (tertiary/aromatic N) is 1. The monoisotopic (exact) mass is 501 g/mol. The number of halogens is 1. The van der Waals surface area contributed by atoms with Crippen molar-refractivity contribution in [2.24, 2.45) is 0 Å². The third-order valence-electron chi connectivity index (χ3n) is 5.59. The van der Waals surface area contributed by atoms with Gasteiger partial charge >= 0.3 is 0 Å². The van der Waals surface area contributed by atoms with Crippen molar-refractivity contribution in [2.75, 3.05) is 26.2 Å². The Bertz CT molecular complexity index is 1110. The maximum absolute atomic E-state index is 13.0. The Hall–Kier alpha value is -3.83. The van der Waals surface area contributed by atoms with Gasteiger partial charge in [-0.1, -0.05) is 11.6 Å². The number of nitro benzene ring substituents is 1. The molecule has 3 rings (SSSR count). The van der Waals surface area contributed by atoms with E-state index >= 15 is 0 Å². The lowest BCUT2D eigenvalue weighted by atomic mass is 9.86. The van der Waals surface area contributed by atoms with E-state index in [2.05, 4.69) is 21.3 Å². The molecule has 2 aromatic rings. The van der Waals surface area contributed by atoms with Gasteiger partial charge in [0, 0.05) is 41.4 Å². The highest BCUT2D eigenvalue weighted by molar-refractivity contribution is 6.43. The van der Waals surface area contributed by atoms with Crippen molar-refractivity contribution in [3.05, 3.63) is 74.8 Å². The molecule has 2 aromatic carbocycles. The zero-order valence-electron chi connectivity index (χ0n) is 18.6. The largest absolute Gasteiger partial charge is 0.352 e. The van der Waals surface area contributed by atoms with E-state index in [4.69, 9.17) is 11.6 Å². The average Bonchev–Trinajstić information content (AvgIpc) is 2.86. The number of nitro groups is 1. The summed E-state index contributed by atoms with van der Waals surface area (Å²) in [5.74, 6) is -2.67. The van der Waals surface area contributed by atoms with Gasteiger partial charge in [-0.05, 0) is 62.3 Å². The first-order valence-electron chi connectivity index (χ1n) is 10.9. The fraction of sp³-hybridized carbons (Fsp3) is 0.304. The van der Waals surface area contributed by atoms with Crippen LogP contribution >= 0.6 is 11.6 Å². The number of amides is 3. The predicted octanol–water partition coefficient (Wildman–Crippen LogP) is 1.22. The van der Waals surface area contributed by atoms with Crippen LogP contribution in [-0.2, 0) is 9.59 Å². The van der Waals surface area contributed by atoms with Crippen molar-refractivity contribution >= 4 is 40.8 Å². The molecule has 0 aliphatic carbocycles. The van der Waals surface area contributed by atoms with Crippen LogP contribution < -0.4 is 21.3 Å². The topological polar surface area (TPSA) is 160 Å². The van der Waals surface area contributed by atoms with Crippen molar-refractivity contribution in [2.45, 2.75) is 18.4 Å². The molecule has 0 spiro atoms. The number of ketones is 1. The van der Waals surface area contributed by atoms with Crippen LogP contribution in [0.1, 0.15) is 33.6 Å². The number of nitrogens with one attached hydrogen (secondary N) is 4. The van der Waals surface area contributed by atoms with E-state index in [1.54, 1.807) is 24.3 Å². The maximum Gasteiger partial charge on any atom is 0.293 e. The molecule has 1 saturated heterocycles. The first kappa shape index (κ1) is 25.8. The van der Waals surface area contributed by atoms with Crippen LogP contribution in [-0.4, -0.2) is 60.1 Å². The molecule has 1 heterocycles. The summed E-state index contributed by atoms with van der Waals surface area (Å²) >= 11 is 5.81. The Labute approximate surface area is 205 Å². The first-order valence-corrected chi connectivity index (χ1v) is 11.2. The van der Waals surface area contributed by atoms with Gasteiger partial charge in [-0.25, -0.2) is 0 Å². The lowest BCUT2D eigenvalue weighted by Crippen LogP contribution is -2.64. The molecule has 3 amide bonds. The van der Waals surface area contributed by atoms with Crippen LogP contribution in [0.25, 0.3) is 0 Å². The minimum absolute atomic E-state index is 0.0255. The number of rotatable bonds is 9. The van der Waals surface area contributed by atoms with Crippen molar-refractivity contribution in [1.82, 2.24) is 21.3 Å². The SMILES string of the molecule is O=C(NC1(C(=O)NCCNC(=O)c2ccc(Cl)cc2)CCNCC1)C(=O)c1ccc([N+](=O)[O-])cc1. The zero-order chi connectivity index (χ0) is 25.4. The van der Waals surface area contributed by atoms with Crippen LogP contribution in [0.15, 0.2) is 48.5 Å². The Morgan fingerprint density at radius 3 is 2.09 bits per heavy atom. The number of benzene rings is 2. The fourth-order valence-corrected chi connectivity index (χ4v) is 3.75. The molecule has 4 N–H and O–H groups in total. The second kappa shape index (κ2) is 11.5. The van der Waals surface area contributed by atoms with Crippen molar-refractivity contribution in [3.8, 4) is 0 Å². The lowest BCUT2D eigenvalue weighted by molar-refractivity contribution is -0.384. The molecule has 11 nitrogen and oxygen atoms in total. The third kappa shape index (κ3) is 6.61. The second-order valence-corrected chi connectivity index (χ2v) is 8.37. The number of hydrogen-bond donors (Lipinski definition) is 4. The summed E-state index contributed by atoms with van der Waals surface area (Å²) in [6.07, 6.45) is 0.518. The van der Waals surface area contributed by atoms with Crippen LogP contribution in [0.2, 0.25) is 5.02 Å². The summed E-state index contributed by atoms with van der Waals surface area (Å²) in [7, 11) is 0. The molecular weight excluding hydrogens is 478 g/mol. The van der Waals surface area contributed by atoms with E-state index in [0.717, 1.165) is 12.1 Å². The van der Waals surface area contributed by atoms with Crippen molar-refractivity contribution in [3.63, 3.8) is 0 Å². The minimum Gasteiger partial charge on any atom is -0.352 e. The highest BCUT2D eigenvalue weighted by Crippen LogP contribution is 2.20. The molecule has 1 aliphatic heterocycles. The zero-order valence-corrected chi connectivity index (χ0v) is 19.4. The van der Waals surface area contributed by atoms with Gasteiger partial charge in [0.25, 0.3) is 17.5 Å². The molecule has 1 aliphatic rings. The molecule has 0 radical (unpaired) electrons. The van der Waals surface area contributed by atoms with Gasteiger partial charge in [0.1, 0.15) is 5.54 Å². The van der Waals surface area contributed by atoms with Crippen LogP contribution in [0.3, 0.4) is 0 Å². The smallest absolute Gasteiger partial charge is 0.293 e. The molecule has 184 valence electrons. The van der Waals surface area contributed by atoms with E-state index in [1.165, 1.54) is 12.1 Å². The molecule has 12 heteroatoms. The number of non-ortho nitro benzene ring substituents is 1. The van der Waals surface area contributed by atoms with Crippen LogP contribution in [0, 0.1) is 10.1 Å². The molecular formula is C23H24ClN5O6. The number of carbonyl (C=O) groups excluding carboxylic acids is 4. The van der Waals surface area contributed by atoms with E-state index in [9.17, 15) is 29.3 Å². The number of piperidine rings is 1. The molecule has 0 atom stereocenters. The van der Waals surface area contributed by atoms with Gasteiger partial charge < -0.3 is 21.3 Å². The normalized spacial score (nSPS) is 14.4. The van der Waals surface area contributed by atoms with Gasteiger partial charge in [0.05, 0.1) is 4.92 Å². The maximum atomic E-state index is 13.0. The van der Waals surface area contributed by atoms with E-state index in [-0.39, 0.29) is 43.1 Å². The number of carbonyl (C=O) groups is 4. The minimum atomic E-state index is -1.31. The summed E-state index contributed by atoms with van der Waals surface area (Å²) in [6, 6.07) is 11.0. The van der Waals surface area contributed by atoms with Gasteiger partial charge in [0.2, 0.25) is 11.7 Å². The number of Topliss-reactive ketones (excluding diaryl/α,β-unsaturated/α-hetero) is 1. The molecule has 0 aromatic heterocycles. The van der Waals surface area contributed by atoms with Crippen LogP contribution in [0.4, 0.5) is 5.69 Å². The van der Waals surface area contributed by atoms with Gasteiger partial charge in [-0.2, -0.15) is 0 Å². The number of hydrogen-bond acceptors (Lipinski definition) is 7. The van der Waals surface area contributed by atoms with E-state index < -0.39 is 28.1 Å². The Morgan fingerprint density at radius 1 is 0.914 bits per heavy atom. The summed E-state index contributed by atoms with van der Waals surface area (Å²) in [6.45, 7) is 1.16. The van der Waals surface area contributed by atoms with E-state index in [0.29, 0.717) is 23.7 Å². The summed E-state index contributed by atoms with van der Waals surface area (Å²) in [4.78, 5) is 60.6. The molecule has 0 saturated carbocycles. The predicted molar refractivity (Wildman–Crippen MR) is 127 cm³/mol. The quantitative estimate of drug-likeness (QED) is 0.132. The average molecular weight is 502 g/mol. The van der Waals surface area contributed by atoms with Gasteiger partial charge in [0.15, 0.2) is 0 Å². The van der Waals surface area contributed by atoms with Gasteiger partial charge in [-0.3, -0.25) is 29.3 Å². The first-order chi connectivity index (χ1) is 16.7. The molecule has 0 unspecified atom stereocenters. The Kier molecular flexibility index (Phi) is 8.50. The Morgan fingerprint density at radius 2 is 1.49 bits per heavy atom. The Balaban J connectivity index is 1.58. The summed E-state index contributed by atoms with van der Waals surface area (Å²) in [5.41, 5.74) is -1.12. The molecule has 1 fully saturated rings. The summed E-state index contributed by atoms with van der Waals surface area (Å²) < 4.78 is 0. The standard InChI is InChI=1S/C23H24ClN5O6/c24-17-5-1-16(2-6-17)20(31)26-13-14-27-22(33)23(9-11-25-12-10-23)28-21(32)19(30)15-3-7-18(8-4-15)29(34)35/h1-8,25H,9-14H2,(H,26,31)(H,27,33)(H,28,32). The van der Waals surface area contributed by atoms with Crippen LogP contribution in [0.5, 0.6) is 0 Å². The second-order valence-electron chi connectivity index (χ2n) is 7.94. The summed E-state index contributed by atoms with van der Waals surface area (Å²) in [5, 5.41) is 22.4. The van der Waals surface area contributed by atoms with E-state index in [1.807, 2.05) is 0 Å². The van der Waals surface area contributed by atoms with Crippen molar-refractivity contribution < 1.29 is 24.1 Å². The van der Waals surface area contributed by atoms with Crippen molar-refractivity contribution in [1.29, 1.82) is 0 Å². The lowest BCUT2D eigenvalue weighted by Gasteiger charge is -2.36. The third-order valence-corrected chi connectivity index (χ3v) is 5.85. The fourth-order valence-electron chi connectivity index (χ4n) is 3.63. The van der Waals surface area contributed by atoms with Gasteiger partial charge in [-0.15, -0.1) is 0 Å². The highest BCUT2D eigenvalue weighted by Gasteiger charge is 2.42. The molecule has 0 bridgehead atoms.